The molecule has 0 saturated carbocycles. The Balaban J connectivity index is 2.15. The number of H-pyrrole nitrogens is 1. The lowest BCUT2D eigenvalue weighted by Gasteiger charge is -2.15. The molecule has 84 valence electrons. The first-order chi connectivity index (χ1) is 7.66. The number of aromatic nitrogens is 3. The van der Waals surface area contributed by atoms with Crippen molar-refractivity contribution >= 4 is 21.6 Å². The maximum Gasteiger partial charge on any atom is 0.106 e. The van der Waals surface area contributed by atoms with Crippen molar-refractivity contribution in [2.24, 2.45) is 0 Å². The van der Waals surface area contributed by atoms with Gasteiger partial charge in [0.2, 0.25) is 0 Å². The third kappa shape index (κ3) is 2.41. The number of hydrogen-bond acceptors (Lipinski definition) is 3. The predicted molar refractivity (Wildman–Crippen MR) is 67.3 cm³/mol. The van der Waals surface area contributed by atoms with Crippen molar-refractivity contribution < 1.29 is 0 Å². The molecular weight excluding hydrogens is 268 g/mol. The number of aromatic amines is 1. The van der Waals surface area contributed by atoms with Gasteiger partial charge in [-0.05, 0) is 48.0 Å². The highest BCUT2D eigenvalue weighted by Gasteiger charge is 2.08. The largest absolute Gasteiger partial charge is 0.376 e. The van der Waals surface area contributed by atoms with E-state index in [1.165, 1.54) is 0 Å². The SMILES string of the molecule is Cc1nc(Br)ccc1NC(C)c1ccn[nH]1. The second kappa shape index (κ2) is 4.65. The monoisotopic (exact) mass is 280 g/mol. The summed E-state index contributed by atoms with van der Waals surface area (Å²) in [5, 5.41) is 10.3. The van der Waals surface area contributed by atoms with Crippen LogP contribution >= 0.6 is 15.9 Å². The van der Waals surface area contributed by atoms with E-state index in [0.29, 0.717) is 0 Å². The van der Waals surface area contributed by atoms with Crippen LogP contribution < -0.4 is 5.32 Å². The number of halogens is 1. The average Bonchev–Trinajstić information content (AvgIpc) is 2.75. The Labute approximate surface area is 103 Å². The van der Waals surface area contributed by atoms with Crippen LogP contribution in [0.15, 0.2) is 29.0 Å². The number of rotatable bonds is 3. The fourth-order valence-corrected chi connectivity index (χ4v) is 1.90. The van der Waals surface area contributed by atoms with Crippen LogP contribution in [0.25, 0.3) is 0 Å². The van der Waals surface area contributed by atoms with E-state index < -0.39 is 0 Å². The summed E-state index contributed by atoms with van der Waals surface area (Å²) >= 11 is 3.35. The molecule has 2 heterocycles. The van der Waals surface area contributed by atoms with E-state index >= 15 is 0 Å². The minimum absolute atomic E-state index is 0.184. The zero-order chi connectivity index (χ0) is 11.5. The van der Waals surface area contributed by atoms with E-state index in [4.69, 9.17) is 0 Å². The molecule has 16 heavy (non-hydrogen) atoms. The lowest BCUT2D eigenvalue weighted by molar-refractivity contribution is 0.822. The minimum Gasteiger partial charge on any atom is -0.376 e. The van der Waals surface area contributed by atoms with Gasteiger partial charge in [-0.15, -0.1) is 0 Å². The summed E-state index contributed by atoms with van der Waals surface area (Å²) in [4.78, 5) is 4.34. The molecule has 2 aromatic rings. The van der Waals surface area contributed by atoms with E-state index in [1.807, 2.05) is 25.1 Å². The highest BCUT2D eigenvalue weighted by molar-refractivity contribution is 9.10. The molecule has 2 N–H and O–H groups in total. The summed E-state index contributed by atoms with van der Waals surface area (Å²) < 4.78 is 0.852. The smallest absolute Gasteiger partial charge is 0.106 e. The van der Waals surface area contributed by atoms with Crippen LogP contribution in [0, 0.1) is 6.92 Å². The fraction of sp³-hybridized carbons (Fsp3) is 0.273. The summed E-state index contributed by atoms with van der Waals surface area (Å²) in [6, 6.07) is 6.08. The van der Waals surface area contributed by atoms with Crippen molar-refractivity contribution in [3.8, 4) is 0 Å². The summed E-state index contributed by atoms with van der Waals surface area (Å²) in [5.74, 6) is 0. The van der Waals surface area contributed by atoms with Crippen molar-refractivity contribution in [2.45, 2.75) is 19.9 Å². The third-order valence-corrected chi connectivity index (χ3v) is 2.85. The maximum absolute atomic E-state index is 4.34. The topological polar surface area (TPSA) is 53.6 Å². The first kappa shape index (κ1) is 11.1. The Hall–Kier alpha value is -1.36. The molecule has 0 bridgehead atoms. The first-order valence-electron chi connectivity index (χ1n) is 5.06. The molecule has 0 aliphatic carbocycles. The van der Waals surface area contributed by atoms with Gasteiger partial charge < -0.3 is 5.32 Å². The van der Waals surface area contributed by atoms with Crippen LogP contribution in [0.2, 0.25) is 0 Å². The third-order valence-electron chi connectivity index (χ3n) is 2.41. The maximum atomic E-state index is 4.34. The number of nitrogens with one attached hydrogen (secondary N) is 2. The second-order valence-electron chi connectivity index (χ2n) is 3.64. The zero-order valence-corrected chi connectivity index (χ0v) is 10.7. The van der Waals surface area contributed by atoms with Crippen LogP contribution in [0.3, 0.4) is 0 Å². The molecule has 0 aliphatic heterocycles. The van der Waals surface area contributed by atoms with Gasteiger partial charge in [-0.25, -0.2) is 4.98 Å². The molecule has 0 fully saturated rings. The van der Waals surface area contributed by atoms with Crippen molar-refractivity contribution in [3.63, 3.8) is 0 Å². The lowest BCUT2D eigenvalue weighted by atomic mass is 10.2. The Morgan fingerprint density at radius 3 is 2.81 bits per heavy atom. The molecule has 0 aromatic carbocycles. The molecule has 1 atom stereocenters. The van der Waals surface area contributed by atoms with Gasteiger partial charge in [0.25, 0.3) is 0 Å². The minimum atomic E-state index is 0.184. The van der Waals surface area contributed by atoms with E-state index in [9.17, 15) is 0 Å². The number of anilines is 1. The molecule has 0 saturated heterocycles. The van der Waals surface area contributed by atoms with Gasteiger partial charge >= 0.3 is 0 Å². The molecule has 5 heteroatoms. The van der Waals surface area contributed by atoms with Crippen molar-refractivity contribution in [1.29, 1.82) is 0 Å². The molecule has 2 rings (SSSR count). The molecule has 0 radical (unpaired) electrons. The van der Waals surface area contributed by atoms with Crippen molar-refractivity contribution in [3.05, 3.63) is 40.4 Å². The number of nitrogens with zero attached hydrogens (tertiary/aromatic N) is 2. The highest BCUT2D eigenvalue weighted by Crippen LogP contribution is 2.21. The summed E-state index contributed by atoms with van der Waals surface area (Å²) in [5.41, 5.74) is 3.06. The fourth-order valence-electron chi connectivity index (χ4n) is 1.50. The van der Waals surface area contributed by atoms with Gasteiger partial charge in [-0.1, -0.05) is 0 Å². The van der Waals surface area contributed by atoms with Gasteiger partial charge in [0.05, 0.1) is 23.1 Å². The Kier molecular flexibility index (Phi) is 3.24. The van der Waals surface area contributed by atoms with E-state index in [-0.39, 0.29) is 6.04 Å². The van der Waals surface area contributed by atoms with Gasteiger partial charge in [-0.2, -0.15) is 5.10 Å². The zero-order valence-electron chi connectivity index (χ0n) is 9.16. The van der Waals surface area contributed by atoms with Crippen LogP contribution in [0.4, 0.5) is 5.69 Å². The lowest BCUT2D eigenvalue weighted by Crippen LogP contribution is -2.08. The first-order valence-corrected chi connectivity index (χ1v) is 5.85. The highest BCUT2D eigenvalue weighted by atomic mass is 79.9. The molecule has 1 unspecified atom stereocenters. The molecule has 0 amide bonds. The summed E-state index contributed by atoms with van der Waals surface area (Å²) in [6.07, 6.45) is 1.75. The Bertz CT molecular complexity index is 467. The summed E-state index contributed by atoms with van der Waals surface area (Å²) in [7, 11) is 0. The van der Waals surface area contributed by atoms with Crippen molar-refractivity contribution in [1.82, 2.24) is 15.2 Å². The quantitative estimate of drug-likeness (QED) is 0.850. The molecule has 2 aromatic heterocycles. The number of aryl methyl sites for hydroxylation is 1. The molecule has 0 spiro atoms. The number of hydrogen-bond donors (Lipinski definition) is 2. The van der Waals surface area contributed by atoms with E-state index in [2.05, 4.69) is 43.4 Å². The Morgan fingerprint density at radius 2 is 2.19 bits per heavy atom. The molecular formula is C11H13BrN4. The predicted octanol–water partition coefficient (Wildman–Crippen LogP) is 3.05. The average molecular weight is 281 g/mol. The van der Waals surface area contributed by atoms with Crippen LogP contribution in [-0.2, 0) is 0 Å². The van der Waals surface area contributed by atoms with Crippen molar-refractivity contribution in [2.75, 3.05) is 5.32 Å². The van der Waals surface area contributed by atoms with E-state index in [0.717, 1.165) is 21.7 Å². The normalized spacial score (nSPS) is 12.4. The molecule has 4 nitrogen and oxygen atoms in total. The van der Waals surface area contributed by atoms with Crippen LogP contribution in [-0.4, -0.2) is 15.2 Å². The Morgan fingerprint density at radius 1 is 1.38 bits per heavy atom. The second-order valence-corrected chi connectivity index (χ2v) is 4.46. The van der Waals surface area contributed by atoms with Gasteiger partial charge in [-0.3, -0.25) is 5.10 Å². The molecule has 0 aliphatic rings. The van der Waals surface area contributed by atoms with Crippen LogP contribution in [0.5, 0.6) is 0 Å². The van der Waals surface area contributed by atoms with Gasteiger partial charge in [0.15, 0.2) is 0 Å². The van der Waals surface area contributed by atoms with E-state index in [1.54, 1.807) is 6.20 Å². The van der Waals surface area contributed by atoms with Gasteiger partial charge in [0, 0.05) is 6.20 Å². The summed E-state index contributed by atoms with van der Waals surface area (Å²) in [6.45, 7) is 4.06. The van der Waals surface area contributed by atoms with Gasteiger partial charge in [0.1, 0.15) is 4.60 Å². The standard InChI is InChI=1S/C11H13BrN4/c1-7-9(3-4-11(12)15-7)14-8(2)10-5-6-13-16-10/h3-6,8,14H,1-2H3,(H,13,16). The number of pyridine rings is 1. The van der Waals surface area contributed by atoms with Crippen LogP contribution in [0.1, 0.15) is 24.4 Å².